The van der Waals surface area contributed by atoms with Crippen LogP contribution in [0.3, 0.4) is 0 Å². The summed E-state index contributed by atoms with van der Waals surface area (Å²) >= 11 is 0. The van der Waals surface area contributed by atoms with E-state index < -0.39 is 0 Å². The summed E-state index contributed by atoms with van der Waals surface area (Å²) in [6.07, 6.45) is 0.239. The van der Waals surface area contributed by atoms with Crippen molar-refractivity contribution in [1.82, 2.24) is 14.7 Å². The van der Waals surface area contributed by atoms with Gasteiger partial charge in [-0.3, -0.25) is 14.7 Å². The summed E-state index contributed by atoms with van der Waals surface area (Å²) in [6.45, 7) is 44.1. The van der Waals surface area contributed by atoms with Crippen LogP contribution < -0.4 is 0 Å². The fraction of sp³-hybridized carbons (Fsp3) is 1.00. The van der Waals surface area contributed by atoms with E-state index in [9.17, 15) is 0 Å². The van der Waals surface area contributed by atoms with E-state index in [4.69, 9.17) is 0 Å². The van der Waals surface area contributed by atoms with Crippen molar-refractivity contribution in [3.8, 4) is 0 Å². The molecule has 2 heterocycles. The lowest BCUT2D eigenvalue weighted by molar-refractivity contribution is -0.157. The molecule has 0 aromatic heterocycles. The molecule has 2 aliphatic rings. The molecule has 0 atom stereocenters. The van der Waals surface area contributed by atoms with Gasteiger partial charge < -0.3 is 0 Å². The van der Waals surface area contributed by atoms with Gasteiger partial charge in [0.1, 0.15) is 6.29 Å². The van der Waals surface area contributed by atoms with Crippen LogP contribution in [0.15, 0.2) is 0 Å². The van der Waals surface area contributed by atoms with Crippen LogP contribution in [0.1, 0.15) is 125 Å². The van der Waals surface area contributed by atoms with Crippen LogP contribution in [0, 0.1) is 10.8 Å². The first-order chi connectivity index (χ1) is 12.7. The van der Waals surface area contributed by atoms with Gasteiger partial charge in [0.2, 0.25) is 0 Å². The second kappa shape index (κ2) is 6.26. The van der Waals surface area contributed by atoms with E-state index in [1.165, 1.54) is 0 Å². The molecule has 0 aromatic carbocycles. The molecule has 3 nitrogen and oxygen atoms in total. The van der Waals surface area contributed by atoms with Crippen molar-refractivity contribution >= 4 is 0 Å². The van der Waals surface area contributed by atoms with Crippen LogP contribution in [-0.4, -0.2) is 54.2 Å². The molecular formula is C27H55N3. The molecule has 0 spiro atoms. The minimum absolute atomic E-state index is 0.00836. The van der Waals surface area contributed by atoms with E-state index >= 15 is 0 Å². The maximum absolute atomic E-state index is 2.88. The van der Waals surface area contributed by atoms with Gasteiger partial charge in [0.25, 0.3) is 0 Å². The Kier molecular flexibility index (Phi) is 5.45. The monoisotopic (exact) mass is 421 g/mol. The summed E-state index contributed by atoms with van der Waals surface area (Å²) < 4.78 is 0. The first-order valence-corrected chi connectivity index (χ1v) is 12.1. The number of fused-ring (bicyclic) bond motifs is 1. The van der Waals surface area contributed by atoms with Crippen LogP contribution in [0.25, 0.3) is 0 Å². The fourth-order valence-corrected chi connectivity index (χ4v) is 6.08. The molecule has 2 fully saturated rings. The Labute approximate surface area is 189 Å². The standard InChI is InChI=1S/C27H55N3/c1-20(2,3)22(7,8)28-19-29(23(9,10)21(4,5)6)25(13,14)27(17,18)30(19)26(15,16)24(28,11)12/h19H,1-18H3. The summed E-state index contributed by atoms with van der Waals surface area (Å²) in [5.74, 6) is 0. The third-order valence-electron chi connectivity index (χ3n) is 11.0. The highest BCUT2D eigenvalue weighted by Crippen LogP contribution is 2.63. The first kappa shape index (κ1) is 26.1. The smallest absolute Gasteiger partial charge is 0.122 e. The average Bonchev–Trinajstić information content (AvgIpc) is 2.68. The molecular weight excluding hydrogens is 366 g/mol. The Hall–Kier alpha value is -0.120. The van der Waals surface area contributed by atoms with Crippen LogP contribution in [-0.2, 0) is 0 Å². The highest BCUT2D eigenvalue weighted by Gasteiger charge is 2.75. The van der Waals surface area contributed by atoms with Gasteiger partial charge in [0.15, 0.2) is 0 Å². The van der Waals surface area contributed by atoms with Gasteiger partial charge in [0, 0.05) is 33.2 Å². The Morgan fingerprint density at radius 3 is 0.867 bits per heavy atom. The molecule has 0 amide bonds. The van der Waals surface area contributed by atoms with Gasteiger partial charge in [-0.1, -0.05) is 41.5 Å². The average molecular weight is 422 g/mol. The Morgan fingerprint density at radius 1 is 0.433 bits per heavy atom. The number of rotatable bonds is 2. The highest BCUT2D eigenvalue weighted by molar-refractivity contribution is 5.27. The lowest BCUT2D eigenvalue weighted by Gasteiger charge is -2.61. The fourth-order valence-electron chi connectivity index (χ4n) is 6.08. The summed E-state index contributed by atoms with van der Waals surface area (Å²) in [7, 11) is 0. The van der Waals surface area contributed by atoms with Crippen LogP contribution in [0.5, 0.6) is 0 Å². The predicted molar refractivity (Wildman–Crippen MR) is 133 cm³/mol. The van der Waals surface area contributed by atoms with Crippen molar-refractivity contribution in [3.63, 3.8) is 0 Å². The lowest BCUT2D eigenvalue weighted by atomic mass is 9.68. The molecule has 30 heavy (non-hydrogen) atoms. The molecule has 2 aliphatic heterocycles. The Bertz CT molecular complexity index is 622. The minimum atomic E-state index is 0.00836. The number of hydrogen-bond acceptors (Lipinski definition) is 3. The summed E-state index contributed by atoms with van der Waals surface area (Å²) in [5, 5.41) is 0. The molecule has 0 unspecified atom stereocenters. The zero-order chi connectivity index (χ0) is 24.3. The third-order valence-corrected chi connectivity index (χ3v) is 11.0. The predicted octanol–water partition coefficient (Wildman–Crippen LogP) is 6.97. The van der Waals surface area contributed by atoms with E-state index in [1.54, 1.807) is 0 Å². The highest BCUT2D eigenvalue weighted by atomic mass is 15.7. The molecule has 3 heteroatoms. The Morgan fingerprint density at radius 2 is 0.667 bits per heavy atom. The normalized spacial score (nSPS) is 28.2. The molecule has 0 bridgehead atoms. The van der Waals surface area contributed by atoms with Crippen molar-refractivity contribution in [2.24, 2.45) is 10.8 Å². The first-order valence-electron chi connectivity index (χ1n) is 12.1. The molecule has 2 rings (SSSR count). The van der Waals surface area contributed by atoms with Crippen molar-refractivity contribution in [1.29, 1.82) is 0 Å². The third kappa shape index (κ3) is 2.86. The van der Waals surface area contributed by atoms with Gasteiger partial charge in [-0.05, 0) is 93.9 Å². The quantitative estimate of drug-likeness (QED) is 0.477. The molecule has 0 aliphatic carbocycles. The van der Waals surface area contributed by atoms with E-state index in [-0.39, 0.29) is 50.4 Å². The largest absolute Gasteiger partial charge is 0.263 e. The molecule has 178 valence electrons. The number of hydrogen-bond donors (Lipinski definition) is 0. The van der Waals surface area contributed by atoms with Gasteiger partial charge >= 0.3 is 0 Å². The molecule has 0 saturated carbocycles. The zero-order valence-electron chi connectivity index (χ0n) is 23.9. The maximum atomic E-state index is 2.88. The molecule has 0 aromatic rings. The second-order valence-electron chi connectivity index (χ2n) is 15.3. The summed E-state index contributed by atoms with van der Waals surface area (Å²) in [4.78, 5) is 8.62. The van der Waals surface area contributed by atoms with Crippen molar-refractivity contribution in [2.75, 3.05) is 0 Å². The minimum Gasteiger partial charge on any atom is -0.263 e. The van der Waals surface area contributed by atoms with E-state index in [0.29, 0.717) is 0 Å². The topological polar surface area (TPSA) is 9.72 Å². The van der Waals surface area contributed by atoms with Gasteiger partial charge in [-0.25, -0.2) is 0 Å². The lowest BCUT2D eigenvalue weighted by Crippen LogP contribution is -2.72. The van der Waals surface area contributed by atoms with Crippen LogP contribution >= 0.6 is 0 Å². The van der Waals surface area contributed by atoms with Gasteiger partial charge in [-0.15, -0.1) is 0 Å². The van der Waals surface area contributed by atoms with Crippen molar-refractivity contribution in [3.05, 3.63) is 0 Å². The zero-order valence-corrected chi connectivity index (χ0v) is 23.9. The van der Waals surface area contributed by atoms with Crippen molar-refractivity contribution < 1.29 is 0 Å². The number of nitrogens with zero attached hydrogens (tertiary/aromatic N) is 3. The Balaban J connectivity index is 2.95. The van der Waals surface area contributed by atoms with E-state index in [0.717, 1.165) is 0 Å². The SMILES string of the molecule is CC(C)(C)C(C)(C)N1C2N(C(C)(C)C(C)(C)C)C(C)(C)C(C)(C)N2C(C)(C)C1(C)C. The van der Waals surface area contributed by atoms with E-state index in [1.807, 2.05) is 0 Å². The summed E-state index contributed by atoms with van der Waals surface area (Å²) in [5.41, 5.74) is 0.359. The van der Waals surface area contributed by atoms with Gasteiger partial charge in [0.05, 0.1) is 0 Å². The molecule has 0 N–H and O–H groups in total. The van der Waals surface area contributed by atoms with Gasteiger partial charge in [-0.2, -0.15) is 0 Å². The van der Waals surface area contributed by atoms with Crippen LogP contribution in [0.4, 0.5) is 0 Å². The summed E-state index contributed by atoms with van der Waals surface area (Å²) in [6, 6.07) is 0. The van der Waals surface area contributed by atoms with E-state index in [2.05, 4.69) is 139 Å². The second-order valence-corrected chi connectivity index (χ2v) is 15.3. The van der Waals surface area contributed by atoms with Crippen molar-refractivity contribution in [2.45, 2.75) is 164 Å². The maximum Gasteiger partial charge on any atom is 0.122 e. The molecule has 0 radical (unpaired) electrons. The molecule has 2 saturated heterocycles. The van der Waals surface area contributed by atoms with Crippen LogP contribution in [0.2, 0.25) is 0 Å².